The van der Waals surface area contributed by atoms with Gasteiger partial charge >= 0.3 is 6.03 Å². The number of furan rings is 1. The van der Waals surface area contributed by atoms with Gasteiger partial charge in [-0.25, -0.2) is 4.79 Å². The molecule has 2 aliphatic rings. The molecule has 0 unspecified atom stereocenters. The molecule has 1 N–H and O–H groups in total. The highest BCUT2D eigenvalue weighted by molar-refractivity contribution is 5.74. The van der Waals surface area contributed by atoms with Crippen LogP contribution in [0.5, 0.6) is 5.75 Å². The van der Waals surface area contributed by atoms with Gasteiger partial charge in [0, 0.05) is 31.6 Å². The number of fused-ring (bicyclic) bond motifs is 3. The van der Waals surface area contributed by atoms with Crippen LogP contribution in [0.15, 0.2) is 53.1 Å². The van der Waals surface area contributed by atoms with Crippen LogP contribution in [0.3, 0.4) is 0 Å². The van der Waals surface area contributed by atoms with E-state index in [0.29, 0.717) is 39.3 Å². The smallest absolute Gasteiger partial charge is 0.318 e. The third-order valence-electron chi connectivity index (χ3n) is 6.07. The van der Waals surface area contributed by atoms with Crippen LogP contribution in [-0.2, 0) is 43.9 Å². The van der Waals surface area contributed by atoms with E-state index in [9.17, 15) is 4.79 Å². The Kier molecular flexibility index (Phi) is 5.81. The number of carbonyl (C=O) groups excluding carboxylic acids is 1. The minimum absolute atomic E-state index is 0.0950. The molecule has 4 heterocycles. The second-order valence-electron chi connectivity index (χ2n) is 8.28. The molecular formula is C25H27N3O4. The van der Waals surface area contributed by atoms with Gasteiger partial charge in [-0.1, -0.05) is 18.2 Å². The molecule has 2 aromatic heterocycles. The van der Waals surface area contributed by atoms with Crippen molar-refractivity contribution in [3.8, 4) is 5.75 Å². The number of nitrogens with one attached hydrogen (secondary N) is 1. The number of amides is 2. The van der Waals surface area contributed by atoms with Crippen LogP contribution in [0.4, 0.5) is 4.79 Å². The lowest BCUT2D eigenvalue weighted by atomic mass is 9.90. The Morgan fingerprint density at radius 3 is 2.88 bits per heavy atom. The van der Waals surface area contributed by atoms with Crippen molar-refractivity contribution < 1.29 is 18.7 Å². The Bertz CT molecular complexity index is 1080. The lowest BCUT2D eigenvalue weighted by Crippen LogP contribution is -2.43. The van der Waals surface area contributed by atoms with Crippen LogP contribution >= 0.6 is 0 Å². The van der Waals surface area contributed by atoms with Gasteiger partial charge in [-0.3, -0.25) is 4.98 Å². The molecule has 0 saturated carbocycles. The van der Waals surface area contributed by atoms with Crippen molar-refractivity contribution in [2.24, 2.45) is 0 Å². The van der Waals surface area contributed by atoms with Gasteiger partial charge in [0.15, 0.2) is 0 Å². The van der Waals surface area contributed by atoms with E-state index in [1.807, 2.05) is 47.4 Å². The summed E-state index contributed by atoms with van der Waals surface area (Å²) in [5.41, 5.74) is 5.52. The standard InChI is InChI=1S/C25H27N3O4/c1-17-12-20-22(15-31-17)21-14-28(25(29)26-13-19-8-5-11-30-19)10-9-23(21)27-24(20)16-32-18-6-3-2-4-7-18/h2-8,11,17H,9-10,12-16H2,1H3,(H,26,29)/t17-/m0/s1. The number of hydrogen-bond donors (Lipinski definition) is 1. The van der Waals surface area contributed by atoms with Crippen molar-refractivity contribution in [2.75, 3.05) is 6.54 Å². The Morgan fingerprint density at radius 2 is 2.06 bits per heavy atom. The van der Waals surface area contributed by atoms with Crippen LogP contribution in [0.1, 0.15) is 40.8 Å². The lowest BCUT2D eigenvalue weighted by molar-refractivity contribution is 0.0389. The number of ether oxygens (including phenoxy) is 2. The SMILES string of the molecule is C[C@H]1Cc2c(COc3ccccc3)nc3c(c2CO1)CN(C(=O)NCc1ccco1)CC3. The summed E-state index contributed by atoms with van der Waals surface area (Å²) in [6, 6.07) is 13.4. The Balaban J connectivity index is 1.36. The average Bonchev–Trinajstić information content (AvgIpc) is 3.35. The summed E-state index contributed by atoms with van der Waals surface area (Å²) in [7, 11) is 0. The number of benzene rings is 1. The van der Waals surface area contributed by atoms with Gasteiger partial charge in [-0.05, 0) is 47.9 Å². The summed E-state index contributed by atoms with van der Waals surface area (Å²) < 4.78 is 17.3. The van der Waals surface area contributed by atoms with Crippen molar-refractivity contribution in [1.82, 2.24) is 15.2 Å². The number of para-hydroxylation sites is 1. The molecule has 0 saturated heterocycles. The van der Waals surface area contributed by atoms with Crippen molar-refractivity contribution in [3.63, 3.8) is 0 Å². The van der Waals surface area contributed by atoms with Gasteiger partial charge in [0.1, 0.15) is 18.1 Å². The number of rotatable bonds is 5. The molecular weight excluding hydrogens is 406 g/mol. The fourth-order valence-electron chi connectivity index (χ4n) is 4.37. The first-order valence-electron chi connectivity index (χ1n) is 11.0. The molecule has 1 aromatic carbocycles. The van der Waals surface area contributed by atoms with Gasteiger partial charge in [0.25, 0.3) is 0 Å². The summed E-state index contributed by atoms with van der Waals surface area (Å²) in [6.07, 6.45) is 3.25. The minimum atomic E-state index is -0.0950. The van der Waals surface area contributed by atoms with Crippen molar-refractivity contribution in [3.05, 3.63) is 82.6 Å². The number of pyridine rings is 1. The molecule has 0 fully saturated rings. The first-order chi connectivity index (χ1) is 15.7. The van der Waals surface area contributed by atoms with E-state index in [1.54, 1.807) is 6.26 Å². The molecule has 7 nitrogen and oxygen atoms in total. The summed E-state index contributed by atoms with van der Waals surface area (Å²) in [4.78, 5) is 19.6. The van der Waals surface area contributed by atoms with Crippen LogP contribution in [0, 0.1) is 0 Å². The third-order valence-corrected chi connectivity index (χ3v) is 6.07. The average molecular weight is 434 g/mol. The number of urea groups is 1. The van der Waals surface area contributed by atoms with E-state index in [1.165, 1.54) is 11.1 Å². The molecule has 0 aliphatic carbocycles. The summed E-state index contributed by atoms with van der Waals surface area (Å²) in [6.45, 7) is 4.59. The largest absolute Gasteiger partial charge is 0.487 e. The van der Waals surface area contributed by atoms with Gasteiger partial charge in [0.2, 0.25) is 0 Å². The molecule has 3 aromatic rings. The zero-order valence-corrected chi connectivity index (χ0v) is 18.2. The summed E-state index contributed by atoms with van der Waals surface area (Å²) >= 11 is 0. The maximum Gasteiger partial charge on any atom is 0.318 e. The Hall–Kier alpha value is -3.32. The molecule has 1 atom stereocenters. The Labute approximate surface area is 187 Å². The molecule has 32 heavy (non-hydrogen) atoms. The number of hydrogen-bond acceptors (Lipinski definition) is 5. The fourth-order valence-corrected chi connectivity index (χ4v) is 4.37. The first-order valence-corrected chi connectivity index (χ1v) is 11.0. The van der Waals surface area contributed by atoms with Crippen LogP contribution in [0.2, 0.25) is 0 Å². The quantitative estimate of drug-likeness (QED) is 0.659. The zero-order chi connectivity index (χ0) is 21.9. The molecule has 7 heteroatoms. The lowest BCUT2D eigenvalue weighted by Gasteiger charge is -2.34. The maximum absolute atomic E-state index is 12.8. The molecule has 0 spiro atoms. The number of aromatic nitrogens is 1. The number of carbonyl (C=O) groups is 1. The van der Waals surface area contributed by atoms with E-state index in [2.05, 4.69) is 12.2 Å². The first kappa shape index (κ1) is 20.6. The van der Waals surface area contributed by atoms with E-state index in [-0.39, 0.29) is 12.1 Å². The zero-order valence-electron chi connectivity index (χ0n) is 18.2. The van der Waals surface area contributed by atoms with Crippen molar-refractivity contribution in [2.45, 2.75) is 52.2 Å². The van der Waals surface area contributed by atoms with E-state index in [0.717, 1.165) is 34.9 Å². The fraction of sp³-hybridized carbons (Fsp3) is 0.360. The van der Waals surface area contributed by atoms with Crippen LogP contribution < -0.4 is 10.1 Å². The second-order valence-corrected chi connectivity index (χ2v) is 8.28. The maximum atomic E-state index is 12.8. The third kappa shape index (κ3) is 4.34. The molecule has 0 radical (unpaired) electrons. The minimum Gasteiger partial charge on any atom is -0.487 e. The topological polar surface area (TPSA) is 76.8 Å². The van der Waals surface area contributed by atoms with Crippen molar-refractivity contribution in [1.29, 1.82) is 0 Å². The molecule has 2 aliphatic heterocycles. The monoisotopic (exact) mass is 433 g/mol. The van der Waals surface area contributed by atoms with E-state index < -0.39 is 0 Å². The second kappa shape index (κ2) is 9.04. The van der Waals surface area contributed by atoms with Gasteiger partial charge in [-0.15, -0.1) is 0 Å². The highest BCUT2D eigenvalue weighted by Crippen LogP contribution is 2.32. The molecule has 2 amide bonds. The van der Waals surface area contributed by atoms with Gasteiger partial charge in [0.05, 0.1) is 31.2 Å². The normalized spacial score (nSPS) is 17.4. The predicted octanol–water partition coefficient (Wildman–Crippen LogP) is 3.98. The van der Waals surface area contributed by atoms with Gasteiger partial charge < -0.3 is 24.1 Å². The van der Waals surface area contributed by atoms with Crippen LogP contribution in [0.25, 0.3) is 0 Å². The van der Waals surface area contributed by atoms with Crippen molar-refractivity contribution >= 4 is 6.03 Å². The molecule has 166 valence electrons. The van der Waals surface area contributed by atoms with Crippen LogP contribution in [-0.4, -0.2) is 28.6 Å². The Morgan fingerprint density at radius 1 is 1.19 bits per heavy atom. The highest BCUT2D eigenvalue weighted by atomic mass is 16.5. The molecule has 0 bridgehead atoms. The summed E-state index contributed by atoms with van der Waals surface area (Å²) in [5.74, 6) is 1.57. The number of nitrogens with zero attached hydrogens (tertiary/aromatic N) is 2. The summed E-state index contributed by atoms with van der Waals surface area (Å²) in [5, 5.41) is 2.94. The van der Waals surface area contributed by atoms with Gasteiger partial charge in [-0.2, -0.15) is 0 Å². The van der Waals surface area contributed by atoms with E-state index >= 15 is 0 Å². The van der Waals surface area contributed by atoms with E-state index in [4.69, 9.17) is 18.9 Å². The predicted molar refractivity (Wildman–Crippen MR) is 118 cm³/mol. The highest BCUT2D eigenvalue weighted by Gasteiger charge is 2.30. The molecule has 5 rings (SSSR count).